The second-order valence-electron chi connectivity index (χ2n) is 7.23. The molecule has 0 unspecified atom stereocenters. The molecular formula is C27H17N3O3. The lowest BCUT2D eigenvalue weighted by Crippen LogP contribution is -2.00. The average molecular weight is 431 g/mol. The van der Waals surface area contributed by atoms with Gasteiger partial charge in [0, 0.05) is 23.3 Å². The Morgan fingerprint density at radius 3 is 2.39 bits per heavy atom. The molecule has 0 saturated heterocycles. The minimum Gasteiger partial charge on any atom is -0.488 e. The molecule has 0 N–H and O–H groups in total. The number of allylic oxidation sites excluding steroid dienone is 1. The van der Waals surface area contributed by atoms with Crippen molar-refractivity contribution >= 4 is 28.1 Å². The molecule has 0 aromatic heterocycles. The maximum Gasteiger partial charge on any atom is 0.269 e. The smallest absolute Gasteiger partial charge is 0.269 e. The number of rotatable bonds is 6. The van der Waals surface area contributed by atoms with E-state index in [1.54, 1.807) is 30.3 Å². The first-order chi connectivity index (χ1) is 16.1. The van der Waals surface area contributed by atoms with Gasteiger partial charge in [0.15, 0.2) is 0 Å². The van der Waals surface area contributed by atoms with E-state index in [4.69, 9.17) is 4.74 Å². The molecule has 0 aliphatic carbocycles. The van der Waals surface area contributed by atoms with Crippen LogP contribution in [0.5, 0.6) is 5.75 Å². The number of nitro groups is 1. The second-order valence-corrected chi connectivity index (χ2v) is 7.23. The number of hydrogen-bond acceptors (Lipinski definition) is 5. The van der Waals surface area contributed by atoms with Crippen molar-refractivity contribution in [3.8, 4) is 17.9 Å². The molecule has 0 amide bonds. The molecule has 158 valence electrons. The summed E-state index contributed by atoms with van der Waals surface area (Å²) in [7, 11) is 0. The molecule has 0 spiro atoms. The van der Waals surface area contributed by atoms with E-state index in [1.165, 1.54) is 12.1 Å². The Hall–Kier alpha value is -4.94. The van der Waals surface area contributed by atoms with Gasteiger partial charge in [-0.2, -0.15) is 10.5 Å². The molecule has 0 heterocycles. The normalized spacial score (nSPS) is 10.9. The third kappa shape index (κ3) is 4.56. The highest BCUT2D eigenvalue weighted by molar-refractivity contribution is 6.00. The van der Waals surface area contributed by atoms with Gasteiger partial charge in [-0.15, -0.1) is 0 Å². The highest BCUT2D eigenvalue weighted by Gasteiger charge is 2.12. The number of hydrogen-bond donors (Lipinski definition) is 0. The lowest BCUT2D eigenvalue weighted by molar-refractivity contribution is -0.384. The highest BCUT2D eigenvalue weighted by atomic mass is 16.6. The van der Waals surface area contributed by atoms with E-state index in [0.717, 1.165) is 21.9 Å². The summed E-state index contributed by atoms with van der Waals surface area (Å²) in [6.45, 7) is 0.197. The molecule has 0 bridgehead atoms. The van der Waals surface area contributed by atoms with Crippen LogP contribution < -0.4 is 4.74 Å². The van der Waals surface area contributed by atoms with Crippen molar-refractivity contribution in [1.82, 2.24) is 0 Å². The largest absolute Gasteiger partial charge is 0.488 e. The molecule has 0 aliphatic rings. The average Bonchev–Trinajstić information content (AvgIpc) is 2.86. The minimum absolute atomic E-state index is 0.0404. The molecule has 0 aliphatic heterocycles. The number of fused-ring (bicyclic) bond motifs is 1. The topological polar surface area (TPSA) is 99.9 Å². The van der Waals surface area contributed by atoms with Gasteiger partial charge in [-0.1, -0.05) is 48.5 Å². The molecule has 0 atom stereocenters. The third-order valence-corrected chi connectivity index (χ3v) is 5.25. The van der Waals surface area contributed by atoms with E-state index >= 15 is 0 Å². The van der Waals surface area contributed by atoms with Crippen LogP contribution in [-0.4, -0.2) is 4.92 Å². The van der Waals surface area contributed by atoms with Gasteiger partial charge in [0.05, 0.1) is 28.2 Å². The third-order valence-electron chi connectivity index (χ3n) is 5.25. The Labute approximate surface area is 190 Å². The van der Waals surface area contributed by atoms with Crippen LogP contribution in [0.3, 0.4) is 0 Å². The van der Waals surface area contributed by atoms with Crippen molar-refractivity contribution in [2.75, 3.05) is 0 Å². The van der Waals surface area contributed by atoms with Crippen LogP contribution in [0.15, 0.2) is 84.9 Å². The zero-order valence-corrected chi connectivity index (χ0v) is 17.4. The summed E-state index contributed by atoms with van der Waals surface area (Å²) in [6, 6.07) is 29.0. The molecule has 33 heavy (non-hydrogen) atoms. The van der Waals surface area contributed by atoms with Crippen molar-refractivity contribution in [2.45, 2.75) is 6.61 Å². The zero-order chi connectivity index (χ0) is 23.2. The SMILES string of the molecule is N#C/C(=C\c1c(OCc2ccccc2C#N)ccc2ccccc12)c1ccc([N+](=O)[O-])cc1. The summed E-state index contributed by atoms with van der Waals surface area (Å²) < 4.78 is 6.11. The predicted octanol–water partition coefficient (Wildman–Crippen LogP) is 6.26. The van der Waals surface area contributed by atoms with Gasteiger partial charge in [0.1, 0.15) is 12.4 Å². The van der Waals surface area contributed by atoms with E-state index in [1.807, 2.05) is 48.5 Å². The molecule has 4 aromatic carbocycles. The van der Waals surface area contributed by atoms with Crippen LogP contribution in [0.2, 0.25) is 0 Å². The van der Waals surface area contributed by atoms with Gasteiger partial charge in [-0.25, -0.2) is 0 Å². The van der Waals surface area contributed by atoms with E-state index in [9.17, 15) is 20.6 Å². The zero-order valence-electron chi connectivity index (χ0n) is 17.4. The highest BCUT2D eigenvalue weighted by Crippen LogP contribution is 2.33. The first kappa shape index (κ1) is 21.3. The lowest BCUT2D eigenvalue weighted by Gasteiger charge is -2.13. The summed E-state index contributed by atoms with van der Waals surface area (Å²) >= 11 is 0. The van der Waals surface area contributed by atoms with Gasteiger partial charge >= 0.3 is 0 Å². The maximum atomic E-state index is 11.0. The summed E-state index contributed by atoms with van der Waals surface area (Å²) in [5.41, 5.74) is 2.90. The van der Waals surface area contributed by atoms with E-state index in [2.05, 4.69) is 12.1 Å². The van der Waals surface area contributed by atoms with Crippen LogP contribution in [0.4, 0.5) is 5.69 Å². The first-order valence-electron chi connectivity index (χ1n) is 10.1. The monoisotopic (exact) mass is 431 g/mol. The molecule has 6 nitrogen and oxygen atoms in total. The van der Waals surface area contributed by atoms with E-state index < -0.39 is 4.92 Å². The number of nitrogens with zero attached hydrogens (tertiary/aromatic N) is 3. The van der Waals surface area contributed by atoms with Crippen LogP contribution in [-0.2, 0) is 6.61 Å². The van der Waals surface area contributed by atoms with Crippen molar-refractivity contribution in [3.63, 3.8) is 0 Å². The van der Waals surface area contributed by atoms with Crippen molar-refractivity contribution in [1.29, 1.82) is 10.5 Å². The Bertz CT molecular complexity index is 1460. The van der Waals surface area contributed by atoms with Gasteiger partial charge in [0.2, 0.25) is 0 Å². The number of ether oxygens (including phenoxy) is 1. The lowest BCUT2D eigenvalue weighted by atomic mass is 9.98. The molecule has 6 heteroatoms. The summed E-state index contributed by atoms with van der Waals surface area (Å²) in [4.78, 5) is 10.5. The number of non-ortho nitro benzene ring substituents is 1. The van der Waals surface area contributed by atoms with E-state index in [-0.39, 0.29) is 12.3 Å². The minimum atomic E-state index is -0.477. The first-order valence-corrected chi connectivity index (χ1v) is 10.1. The van der Waals surface area contributed by atoms with Crippen LogP contribution in [0.25, 0.3) is 22.4 Å². The Morgan fingerprint density at radius 2 is 1.67 bits per heavy atom. The van der Waals surface area contributed by atoms with Gasteiger partial charge in [-0.3, -0.25) is 10.1 Å². The fourth-order valence-corrected chi connectivity index (χ4v) is 3.55. The fourth-order valence-electron chi connectivity index (χ4n) is 3.55. The van der Waals surface area contributed by atoms with Gasteiger partial charge < -0.3 is 4.74 Å². The Kier molecular flexibility index (Phi) is 6.11. The van der Waals surface area contributed by atoms with Crippen molar-refractivity contribution in [3.05, 3.63) is 117 Å². The molecule has 0 saturated carbocycles. The predicted molar refractivity (Wildman–Crippen MR) is 126 cm³/mol. The Morgan fingerprint density at radius 1 is 0.939 bits per heavy atom. The quantitative estimate of drug-likeness (QED) is 0.155. The summed E-state index contributed by atoms with van der Waals surface area (Å²) in [5.74, 6) is 0.566. The fraction of sp³-hybridized carbons (Fsp3) is 0.0370. The Balaban J connectivity index is 1.78. The maximum absolute atomic E-state index is 11.0. The van der Waals surface area contributed by atoms with Crippen LogP contribution >= 0.6 is 0 Å². The van der Waals surface area contributed by atoms with Crippen molar-refractivity contribution < 1.29 is 9.66 Å². The number of nitriles is 2. The van der Waals surface area contributed by atoms with Gasteiger partial charge in [-0.05, 0) is 46.7 Å². The summed E-state index contributed by atoms with van der Waals surface area (Å²) in [5, 5.41) is 32.0. The number of nitro benzene ring substituents is 1. The summed E-state index contributed by atoms with van der Waals surface area (Å²) in [6.07, 6.45) is 1.73. The molecule has 0 fully saturated rings. The molecule has 4 rings (SSSR count). The molecule has 0 radical (unpaired) electrons. The van der Waals surface area contributed by atoms with Crippen LogP contribution in [0, 0.1) is 32.8 Å². The number of benzene rings is 4. The van der Waals surface area contributed by atoms with Gasteiger partial charge in [0.25, 0.3) is 5.69 Å². The standard InChI is InChI=1S/C27H17N3O3/c28-16-21-6-1-2-7-22(21)18-33-27-14-11-20-5-3-4-8-25(20)26(27)15-23(17-29)19-9-12-24(13-10-19)30(31)32/h1-15H,18H2/b23-15+. The van der Waals surface area contributed by atoms with Crippen LogP contribution in [0.1, 0.15) is 22.3 Å². The van der Waals surface area contributed by atoms with Crippen molar-refractivity contribution in [2.24, 2.45) is 0 Å². The molecule has 4 aromatic rings. The van der Waals surface area contributed by atoms with E-state index in [0.29, 0.717) is 22.4 Å². The molecular weight excluding hydrogens is 414 g/mol. The second kappa shape index (κ2) is 9.47.